The highest BCUT2D eigenvalue weighted by molar-refractivity contribution is 4.94. The summed E-state index contributed by atoms with van der Waals surface area (Å²) in [5, 5.41) is 0. The second-order valence-electron chi connectivity index (χ2n) is 9.38. The topological polar surface area (TPSA) is 0 Å². The van der Waals surface area contributed by atoms with E-state index in [1.54, 1.807) is 51.4 Å². The minimum atomic E-state index is 1.06. The Morgan fingerprint density at radius 1 is 0.435 bits per heavy atom. The number of hydrogen-bond acceptors (Lipinski definition) is 0. The average Bonchev–Trinajstić information content (AvgIpc) is 3.18. The van der Waals surface area contributed by atoms with Crippen molar-refractivity contribution in [3.05, 3.63) is 12.2 Å². The summed E-state index contributed by atoms with van der Waals surface area (Å²) in [6, 6.07) is 0. The van der Waals surface area contributed by atoms with Crippen LogP contribution < -0.4 is 0 Å². The maximum Gasteiger partial charge on any atom is -0.0320 e. The van der Waals surface area contributed by atoms with Gasteiger partial charge in [-0.25, -0.2) is 0 Å². The highest BCUT2D eigenvalue weighted by atomic mass is 14.5. The minimum Gasteiger partial charge on any atom is -0.0885 e. The molecule has 0 aromatic carbocycles. The average molecular weight is 315 g/mol. The van der Waals surface area contributed by atoms with Crippen LogP contribution in [0.25, 0.3) is 0 Å². The Morgan fingerprint density at radius 2 is 1.04 bits per heavy atom. The van der Waals surface area contributed by atoms with E-state index in [2.05, 4.69) is 12.2 Å². The molecule has 0 nitrogen and oxygen atoms in total. The van der Waals surface area contributed by atoms with Gasteiger partial charge in [0.15, 0.2) is 0 Å². The van der Waals surface area contributed by atoms with E-state index in [-0.39, 0.29) is 0 Å². The molecular weight excluding hydrogens is 276 g/mol. The molecule has 5 rings (SSSR count). The van der Waals surface area contributed by atoms with Crippen molar-refractivity contribution < 1.29 is 0 Å². The third kappa shape index (κ3) is 3.72. The van der Waals surface area contributed by atoms with E-state index >= 15 is 0 Å². The summed E-state index contributed by atoms with van der Waals surface area (Å²) in [6.07, 6.45) is 27.6. The molecule has 0 aliphatic heterocycles. The molecule has 0 heterocycles. The Labute approximate surface area is 144 Å². The van der Waals surface area contributed by atoms with Gasteiger partial charge in [0.25, 0.3) is 0 Å². The molecule has 6 unspecified atom stereocenters. The molecule has 130 valence electrons. The molecule has 23 heavy (non-hydrogen) atoms. The number of rotatable bonds is 0. The first kappa shape index (κ1) is 16.2. The van der Waals surface area contributed by atoms with Gasteiger partial charge in [-0.15, -0.1) is 0 Å². The molecule has 0 aromatic rings. The third-order valence-corrected chi connectivity index (χ3v) is 8.27. The highest BCUT2D eigenvalue weighted by Gasteiger charge is 2.43. The smallest absolute Gasteiger partial charge is 0.0320 e. The summed E-state index contributed by atoms with van der Waals surface area (Å²) >= 11 is 0. The van der Waals surface area contributed by atoms with E-state index in [0.717, 1.165) is 11.8 Å². The van der Waals surface area contributed by atoms with Crippen molar-refractivity contribution in [3.63, 3.8) is 0 Å². The van der Waals surface area contributed by atoms with Crippen LogP contribution in [0.5, 0.6) is 0 Å². The number of fused-ring (bicyclic) bond motifs is 4. The molecule has 0 saturated heterocycles. The highest BCUT2D eigenvalue weighted by Crippen LogP contribution is 2.53. The van der Waals surface area contributed by atoms with Crippen LogP contribution >= 0.6 is 0 Å². The van der Waals surface area contributed by atoms with Gasteiger partial charge in [0.05, 0.1) is 0 Å². The molecule has 5 aliphatic rings. The van der Waals surface area contributed by atoms with Gasteiger partial charge in [-0.3, -0.25) is 0 Å². The summed E-state index contributed by atoms with van der Waals surface area (Å²) in [5.41, 5.74) is 0. The molecule has 0 bridgehead atoms. The fraction of sp³-hybridized carbons (Fsp3) is 0.913. The summed E-state index contributed by atoms with van der Waals surface area (Å²) in [5.74, 6) is 6.85. The van der Waals surface area contributed by atoms with Gasteiger partial charge in [-0.05, 0) is 86.9 Å². The number of hydrogen-bond donors (Lipinski definition) is 0. The quantitative estimate of drug-likeness (QED) is 0.417. The van der Waals surface area contributed by atoms with E-state index in [1.807, 2.05) is 0 Å². The van der Waals surface area contributed by atoms with Crippen LogP contribution in [0.15, 0.2) is 12.2 Å². The van der Waals surface area contributed by atoms with Crippen LogP contribution in [0.2, 0.25) is 0 Å². The second kappa shape index (κ2) is 7.75. The van der Waals surface area contributed by atoms with Crippen molar-refractivity contribution in [2.75, 3.05) is 0 Å². The Bertz CT molecular complexity index is 375. The zero-order valence-electron chi connectivity index (χ0n) is 15.2. The largest absolute Gasteiger partial charge is 0.0885 e. The molecule has 6 atom stereocenters. The van der Waals surface area contributed by atoms with Crippen LogP contribution in [0.3, 0.4) is 0 Å². The van der Waals surface area contributed by atoms with Crippen molar-refractivity contribution in [2.45, 2.75) is 96.3 Å². The maximum absolute atomic E-state index is 2.41. The predicted molar refractivity (Wildman–Crippen MR) is 99.3 cm³/mol. The van der Waals surface area contributed by atoms with Gasteiger partial charge in [0, 0.05) is 0 Å². The van der Waals surface area contributed by atoms with Crippen LogP contribution in [0.4, 0.5) is 0 Å². The Morgan fingerprint density at radius 3 is 1.74 bits per heavy atom. The fourth-order valence-electron chi connectivity index (χ4n) is 7.08. The lowest BCUT2D eigenvalue weighted by Crippen LogP contribution is -2.28. The fourth-order valence-corrected chi connectivity index (χ4v) is 7.08. The minimum absolute atomic E-state index is 1.06. The summed E-state index contributed by atoms with van der Waals surface area (Å²) in [4.78, 5) is 0. The SMILES string of the molecule is C1=CCC2CCCCC2CC1.C1CC2CCC3CCCC3C2C1. The van der Waals surface area contributed by atoms with E-state index in [9.17, 15) is 0 Å². The maximum atomic E-state index is 2.41. The summed E-state index contributed by atoms with van der Waals surface area (Å²) in [7, 11) is 0. The molecule has 5 aliphatic carbocycles. The monoisotopic (exact) mass is 314 g/mol. The second-order valence-corrected chi connectivity index (χ2v) is 9.38. The lowest BCUT2D eigenvalue weighted by atomic mass is 9.69. The Balaban J connectivity index is 0.000000118. The van der Waals surface area contributed by atoms with E-state index in [1.165, 1.54) is 68.6 Å². The van der Waals surface area contributed by atoms with Crippen molar-refractivity contribution >= 4 is 0 Å². The van der Waals surface area contributed by atoms with Crippen LogP contribution in [0.1, 0.15) is 96.3 Å². The molecular formula is C23H38. The first-order chi connectivity index (χ1) is 11.4. The van der Waals surface area contributed by atoms with Gasteiger partial charge >= 0.3 is 0 Å². The van der Waals surface area contributed by atoms with Gasteiger partial charge in [-0.2, -0.15) is 0 Å². The zero-order valence-corrected chi connectivity index (χ0v) is 15.2. The molecule has 4 saturated carbocycles. The Hall–Kier alpha value is -0.260. The van der Waals surface area contributed by atoms with Crippen LogP contribution in [-0.2, 0) is 0 Å². The van der Waals surface area contributed by atoms with Gasteiger partial charge in [-0.1, -0.05) is 57.1 Å². The normalized spacial score (nSPS) is 45.2. The lowest BCUT2D eigenvalue weighted by molar-refractivity contribution is 0.136. The van der Waals surface area contributed by atoms with Crippen LogP contribution in [0, 0.1) is 35.5 Å². The van der Waals surface area contributed by atoms with Crippen LogP contribution in [-0.4, -0.2) is 0 Å². The van der Waals surface area contributed by atoms with E-state index in [4.69, 9.17) is 0 Å². The van der Waals surface area contributed by atoms with Gasteiger partial charge in [0.2, 0.25) is 0 Å². The molecule has 0 spiro atoms. The number of allylic oxidation sites excluding steroid dienone is 2. The first-order valence-electron chi connectivity index (χ1n) is 11.1. The predicted octanol–water partition coefficient (Wildman–Crippen LogP) is 7.15. The zero-order chi connectivity index (χ0) is 15.5. The molecule has 0 N–H and O–H groups in total. The first-order valence-corrected chi connectivity index (χ1v) is 11.1. The summed E-state index contributed by atoms with van der Waals surface area (Å²) in [6.45, 7) is 0. The molecule has 0 amide bonds. The van der Waals surface area contributed by atoms with Gasteiger partial charge < -0.3 is 0 Å². The van der Waals surface area contributed by atoms with Crippen molar-refractivity contribution in [3.8, 4) is 0 Å². The molecule has 0 heteroatoms. The third-order valence-electron chi connectivity index (χ3n) is 8.27. The standard InChI is InChI=1S/C12H20.C11H18/c1-3-9-7-8-10-4-2-6-12(10)11(9)5-1;1-2-6-10-8-4-5-9-11(10)7-3-1/h9-12H,1-8H2;1-2,10-11H,3-9H2. The molecule has 4 fully saturated rings. The molecule has 0 aromatic heterocycles. The lowest BCUT2D eigenvalue weighted by Gasteiger charge is -2.36. The Kier molecular flexibility index (Phi) is 5.46. The van der Waals surface area contributed by atoms with E-state index in [0.29, 0.717) is 0 Å². The van der Waals surface area contributed by atoms with Crippen molar-refractivity contribution in [2.24, 2.45) is 35.5 Å². The van der Waals surface area contributed by atoms with E-state index < -0.39 is 0 Å². The van der Waals surface area contributed by atoms with Crippen molar-refractivity contribution in [1.82, 2.24) is 0 Å². The molecule has 0 radical (unpaired) electrons. The van der Waals surface area contributed by atoms with Crippen molar-refractivity contribution in [1.29, 1.82) is 0 Å². The van der Waals surface area contributed by atoms with Gasteiger partial charge in [0.1, 0.15) is 0 Å². The summed E-state index contributed by atoms with van der Waals surface area (Å²) < 4.78 is 0.